The average molecular weight is 348 g/mol. The van der Waals surface area contributed by atoms with Gasteiger partial charge in [0.15, 0.2) is 5.16 Å². The summed E-state index contributed by atoms with van der Waals surface area (Å²) in [5.74, 6) is 1.09. The predicted molar refractivity (Wildman–Crippen MR) is 87.6 cm³/mol. The van der Waals surface area contributed by atoms with Crippen molar-refractivity contribution in [3.63, 3.8) is 0 Å². The third-order valence-electron chi connectivity index (χ3n) is 3.86. The van der Waals surface area contributed by atoms with E-state index in [9.17, 15) is 13.2 Å². The molecule has 126 valence electrons. The largest absolute Gasteiger partial charge is 0.343 e. The monoisotopic (exact) mass is 348 g/mol. The second-order valence-corrected chi connectivity index (χ2v) is 8.73. The van der Waals surface area contributed by atoms with Crippen LogP contribution in [0.15, 0.2) is 9.95 Å². The third kappa shape index (κ3) is 4.60. The first-order valence-corrected chi connectivity index (χ1v) is 10.5. The fourth-order valence-electron chi connectivity index (χ4n) is 2.58. The van der Waals surface area contributed by atoms with Crippen molar-refractivity contribution in [1.29, 1.82) is 0 Å². The zero-order valence-corrected chi connectivity index (χ0v) is 14.8. The molecule has 1 aromatic heterocycles. The lowest BCUT2D eigenvalue weighted by molar-refractivity contribution is 0.286. The average Bonchev–Trinajstić information content (AvgIpc) is 2.83. The molecule has 1 aliphatic heterocycles. The number of aromatic nitrogens is 3. The lowest BCUT2D eigenvalue weighted by Gasteiger charge is -2.30. The Morgan fingerprint density at radius 1 is 1.45 bits per heavy atom. The van der Waals surface area contributed by atoms with Gasteiger partial charge in [0, 0.05) is 25.4 Å². The van der Waals surface area contributed by atoms with Gasteiger partial charge in [0.25, 0.3) is 0 Å². The molecule has 0 aromatic carbocycles. The molecule has 1 fully saturated rings. The zero-order valence-electron chi connectivity index (χ0n) is 13.1. The standard InChI is InChI=1S/C13H24N4O3S2/c1-3-4-8-17-12(18)14-15-13(17)21-10-11-6-5-7-16(9-11)22(2,19)20/h11H,3-10H2,1-2H3,(H,14,18)/t11-/m0/s1. The summed E-state index contributed by atoms with van der Waals surface area (Å²) < 4.78 is 26.5. The Labute approximate surface area is 135 Å². The van der Waals surface area contributed by atoms with Gasteiger partial charge in [0.1, 0.15) is 0 Å². The van der Waals surface area contributed by atoms with Gasteiger partial charge in [0.2, 0.25) is 10.0 Å². The van der Waals surface area contributed by atoms with E-state index < -0.39 is 10.0 Å². The summed E-state index contributed by atoms with van der Waals surface area (Å²) >= 11 is 1.54. The Kier molecular flexibility index (Phi) is 6.10. The van der Waals surface area contributed by atoms with Crippen molar-refractivity contribution in [1.82, 2.24) is 19.1 Å². The maximum atomic E-state index is 11.7. The molecule has 2 rings (SSSR count). The fourth-order valence-corrected chi connectivity index (χ4v) is 4.62. The van der Waals surface area contributed by atoms with Crippen LogP contribution in [0.2, 0.25) is 0 Å². The van der Waals surface area contributed by atoms with Gasteiger partial charge in [0.05, 0.1) is 6.26 Å². The van der Waals surface area contributed by atoms with Crippen molar-refractivity contribution in [3.8, 4) is 0 Å². The minimum Gasteiger partial charge on any atom is -0.270 e. The molecule has 1 atom stereocenters. The van der Waals surface area contributed by atoms with E-state index in [2.05, 4.69) is 17.1 Å². The number of hydrogen-bond acceptors (Lipinski definition) is 5. The van der Waals surface area contributed by atoms with Crippen molar-refractivity contribution < 1.29 is 8.42 Å². The van der Waals surface area contributed by atoms with E-state index in [-0.39, 0.29) is 5.69 Å². The molecule has 22 heavy (non-hydrogen) atoms. The first kappa shape index (κ1) is 17.6. The molecule has 9 heteroatoms. The number of H-pyrrole nitrogens is 1. The number of sulfonamides is 1. The van der Waals surface area contributed by atoms with Crippen LogP contribution in [0.25, 0.3) is 0 Å². The van der Waals surface area contributed by atoms with Gasteiger partial charge >= 0.3 is 5.69 Å². The van der Waals surface area contributed by atoms with Crippen LogP contribution in [-0.4, -0.2) is 52.6 Å². The summed E-state index contributed by atoms with van der Waals surface area (Å²) in [7, 11) is -3.11. The van der Waals surface area contributed by atoms with Crippen LogP contribution >= 0.6 is 11.8 Å². The first-order chi connectivity index (χ1) is 10.4. The van der Waals surface area contributed by atoms with Gasteiger partial charge in [-0.2, -0.15) is 0 Å². The summed E-state index contributed by atoms with van der Waals surface area (Å²) in [5, 5.41) is 7.28. The van der Waals surface area contributed by atoms with Gasteiger partial charge in [-0.25, -0.2) is 22.6 Å². The van der Waals surface area contributed by atoms with E-state index in [0.29, 0.717) is 30.7 Å². The Bertz CT molecular complexity index is 638. The van der Waals surface area contributed by atoms with Crippen molar-refractivity contribution in [3.05, 3.63) is 10.5 Å². The Morgan fingerprint density at radius 2 is 2.23 bits per heavy atom. The molecule has 0 unspecified atom stereocenters. The van der Waals surface area contributed by atoms with E-state index >= 15 is 0 Å². The third-order valence-corrected chi connectivity index (χ3v) is 6.34. The summed E-state index contributed by atoms with van der Waals surface area (Å²) in [5.41, 5.74) is -0.169. The predicted octanol–water partition coefficient (Wildman–Crippen LogP) is 1.14. The first-order valence-electron chi connectivity index (χ1n) is 7.65. The van der Waals surface area contributed by atoms with Crippen molar-refractivity contribution in [2.45, 2.75) is 44.3 Å². The molecule has 0 aliphatic carbocycles. The van der Waals surface area contributed by atoms with Gasteiger partial charge in [-0.15, -0.1) is 5.10 Å². The molecular formula is C13H24N4O3S2. The van der Waals surface area contributed by atoms with Gasteiger partial charge in [-0.1, -0.05) is 25.1 Å². The quantitative estimate of drug-likeness (QED) is 0.747. The number of piperidine rings is 1. The molecule has 2 heterocycles. The number of nitrogens with one attached hydrogen (secondary N) is 1. The van der Waals surface area contributed by atoms with E-state index in [4.69, 9.17) is 0 Å². The van der Waals surface area contributed by atoms with Crippen molar-refractivity contribution >= 4 is 21.8 Å². The highest BCUT2D eigenvalue weighted by molar-refractivity contribution is 7.99. The molecule has 0 radical (unpaired) electrons. The Balaban J connectivity index is 1.94. The molecule has 1 aromatic rings. The lowest BCUT2D eigenvalue weighted by atomic mass is 10.0. The van der Waals surface area contributed by atoms with Crippen molar-refractivity contribution in [2.24, 2.45) is 5.92 Å². The lowest BCUT2D eigenvalue weighted by Crippen LogP contribution is -2.39. The normalized spacial score (nSPS) is 20.4. The molecule has 1 saturated heterocycles. The van der Waals surface area contributed by atoms with Crippen LogP contribution in [0.4, 0.5) is 0 Å². The summed E-state index contributed by atoms with van der Waals surface area (Å²) in [4.78, 5) is 11.7. The Morgan fingerprint density at radius 3 is 2.91 bits per heavy atom. The minimum atomic E-state index is -3.11. The molecular weight excluding hydrogens is 324 g/mol. The maximum Gasteiger partial charge on any atom is 0.343 e. The highest BCUT2D eigenvalue weighted by Gasteiger charge is 2.26. The topological polar surface area (TPSA) is 88.1 Å². The summed E-state index contributed by atoms with van der Waals surface area (Å²) in [6.45, 7) is 3.94. The summed E-state index contributed by atoms with van der Waals surface area (Å²) in [6.07, 6.45) is 5.13. The fraction of sp³-hybridized carbons (Fsp3) is 0.846. The van der Waals surface area contributed by atoms with Crippen LogP contribution in [0.5, 0.6) is 0 Å². The zero-order chi connectivity index (χ0) is 16.2. The SMILES string of the molecule is CCCCn1c(SC[C@H]2CCCN(S(C)(=O)=O)C2)n[nH]c1=O. The molecule has 0 bridgehead atoms. The van der Waals surface area contributed by atoms with Crippen LogP contribution in [0, 0.1) is 5.92 Å². The number of nitrogens with zero attached hydrogens (tertiary/aromatic N) is 3. The second-order valence-electron chi connectivity index (χ2n) is 5.76. The summed E-state index contributed by atoms with van der Waals surface area (Å²) in [6, 6.07) is 0. The molecule has 0 saturated carbocycles. The van der Waals surface area contributed by atoms with E-state index in [0.717, 1.165) is 31.4 Å². The highest BCUT2D eigenvalue weighted by atomic mass is 32.2. The second kappa shape index (κ2) is 7.65. The maximum absolute atomic E-state index is 11.7. The molecule has 7 nitrogen and oxygen atoms in total. The van der Waals surface area contributed by atoms with Crippen LogP contribution in [0.1, 0.15) is 32.6 Å². The van der Waals surface area contributed by atoms with Gasteiger partial charge in [-0.05, 0) is 25.2 Å². The smallest absolute Gasteiger partial charge is 0.270 e. The van der Waals surface area contributed by atoms with Crippen LogP contribution in [-0.2, 0) is 16.6 Å². The Hall–Kier alpha value is -0.800. The van der Waals surface area contributed by atoms with Crippen molar-refractivity contribution in [2.75, 3.05) is 25.1 Å². The number of hydrogen-bond donors (Lipinski definition) is 1. The number of unbranched alkanes of at least 4 members (excludes halogenated alkanes) is 1. The van der Waals surface area contributed by atoms with Gasteiger partial charge < -0.3 is 0 Å². The van der Waals surface area contributed by atoms with Gasteiger partial charge in [-0.3, -0.25) is 4.57 Å². The van der Waals surface area contributed by atoms with E-state index in [1.54, 1.807) is 8.87 Å². The van der Waals surface area contributed by atoms with E-state index in [1.165, 1.54) is 18.0 Å². The molecule has 1 N–H and O–H groups in total. The molecule has 0 amide bonds. The molecule has 1 aliphatic rings. The number of rotatable bonds is 7. The highest BCUT2D eigenvalue weighted by Crippen LogP contribution is 2.25. The molecule has 0 spiro atoms. The minimum absolute atomic E-state index is 0.169. The van der Waals surface area contributed by atoms with Crippen LogP contribution < -0.4 is 5.69 Å². The number of aromatic amines is 1. The van der Waals surface area contributed by atoms with E-state index in [1.807, 2.05) is 0 Å². The number of thioether (sulfide) groups is 1. The van der Waals surface area contributed by atoms with Crippen LogP contribution in [0.3, 0.4) is 0 Å².